The van der Waals surface area contributed by atoms with Crippen LogP contribution in [0, 0.1) is 0 Å². The van der Waals surface area contributed by atoms with Gasteiger partial charge in [0.2, 0.25) is 0 Å². The van der Waals surface area contributed by atoms with E-state index >= 15 is 0 Å². The highest BCUT2D eigenvalue weighted by molar-refractivity contribution is 7.99. The molecule has 3 nitrogen and oxygen atoms in total. The number of benzene rings is 1. The third-order valence-electron chi connectivity index (χ3n) is 3.59. The molecule has 1 fully saturated rings. The lowest BCUT2D eigenvalue weighted by Crippen LogP contribution is -2.26. The van der Waals surface area contributed by atoms with Crippen LogP contribution in [-0.4, -0.2) is 29.8 Å². The van der Waals surface area contributed by atoms with Crippen LogP contribution in [0.3, 0.4) is 0 Å². The van der Waals surface area contributed by atoms with Crippen LogP contribution >= 0.6 is 11.8 Å². The molecule has 2 N–H and O–H groups in total. The Balaban J connectivity index is 1.90. The van der Waals surface area contributed by atoms with Crippen LogP contribution in [0.4, 0.5) is 0 Å². The smallest absolute Gasteiger partial charge is 0.120 e. The highest BCUT2D eigenvalue weighted by Gasteiger charge is 2.23. The molecule has 1 aliphatic rings. The first-order valence-electron chi connectivity index (χ1n) is 6.35. The van der Waals surface area contributed by atoms with Gasteiger partial charge in [-0.1, -0.05) is 0 Å². The zero-order valence-corrected chi connectivity index (χ0v) is 11.8. The second-order valence-electron chi connectivity index (χ2n) is 4.74. The van der Waals surface area contributed by atoms with Crippen LogP contribution in [0.5, 0.6) is 11.5 Å². The Morgan fingerprint density at radius 2 is 2.28 bits per heavy atom. The average Bonchev–Trinajstić information content (AvgIpc) is 2.86. The number of nitrogens with one attached hydrogen (secondary N) is 1. The predicted octanol–water partition coefficient (Wildman–Crippen LogP) is 2.77. The lowest BCUT2D eigenvalue weighted by Gasteiger charge is -2.14. The minimum atomic E-state index is 0.336. The van der Waals surface area contributed by atoms with Gasteiger partial charge in [0, 0.05) is 23.4 Å². The van der Waals surface area contributed by atoms with E-state index in [0.717, 1.165) is 16.6 Å². The Bertz CT molecular complexity index is 397. The van der Waals surface area contributed by atoms with E-state index in [4.69, 9.17) is 4.74 Å². The summed E-state index contributed by atoms with van der Waals surface area (Å²) in [5.74, 6) is 1.13. The summed E-state index contributed by atoms with van der Waals surface area (Å²) >= 11 is 1.96. The maximum Gasteiger partial charge on any atom is 0.120 e. The van der Waals surface area contributed by atoms with Crippen LogP contribution in [-0.2, 0) is 6.54 Å². The van der Waals surface area contributed by atoms with E-state index in [1.54, 1.807) is 19.2 Å². The number of methoxy groups -OCH3 is 1. The summed E-state index contributed by atoms with van der Waals surface area (Å²) in [7, 11) is 1.64. The van der Waals surface area contributed by atoms with E-state index in [0.29, 0.717) is 18.3 Å². The van der Waals surface area contributed by atoms with Crippen molar-refractivity contribution in [1.29, 1.82) is 0 Å². The minimum absolute atomic E-state index is 0.336. The van der Waals surface area contributed by atoms with E-state index in [-0.39, 0.29) is 0 Å². The molecule has 2 unspecified atom stereocenters. The molecule has 100 valence electrons. The average molecular weight is 267 g/mol. The first-order chi connectivity index (χ1) is 8.72. The maximum atomic E-state index is 9.80. The zero-order chi connectivity index (χ0) is 13.0. The van der Waals surface area contributed by atoms with Crippen molar-refractivity contribution in [3.8, 4) is 11.5 Å². The lowest BCUT2D eigenvalue weighted by molar-refractivity contribution is 0.409. The van der Waals surface area contributed by atoms with Gasteiger partial charge in [-0.05, 0) is 43.7 Å². The Kier molecular flexibility index (Phi) is 4.78. The zero-order valence-electron chi connectivity index (χ0n) is 11.0. The lowest BCUT2D eigenvalue weighted by atomic mass is 10.1. The predicted molar refractivity (Wildman–Crippen MR) is 76.4 cm³/mol. The third-order valence-corrected chi connectivity index (χ3v) is 4.68. The number of thioether (sulfide) groups is 1. The maximum absolute atomic E-state index is 9.80. The largest absolute Gasteiger partial charge is 0.508 e. The molecule has 1 aromatic carbocycles. The molecule has 0 heterocycles. The van der Waals surface area contributed by atoms with Crippen LogP contribution < -0.4 is 10.1 Å². The summed E-state index contributed by atoms with van der Waals surface area (Å²) in [4.78, 5) is 0. The van der Waals surface area contributed by atoms with Crippen LogP contribution in [0.2, 0.25) is 0 Å². The molecule has 0 spiro atoms. The molecule has 2 atom stereocenters. The number of hydrogen-bond donors (Lipinski definition) is 2. The molecule has 0 aromatic heterocycles. The molecule has 0 saturated heterocycles. The van der Waals surface area contributed by atoms with Crippen LogP contribution in [0.1, 0.15) is 24.8 Å². The Morgan fingerprint density at radius 1 is 1.44 bits per heavy atom. The van der Waals surface area contributed by atoms with Crippen molar-refractivity contribution in [2.75, 3.05) is 13.4 Å². The summed E-state index contributed by atoms with van der Waals surface area (Å²) in [6.45, 7) is 0.703. The fraction of sp³-hybridized carbons (Fsp3) is 0.571. The quantitative estimate of drug-likeness (QED) is 0.861. The van der Waals surface area contributed by atoms with Crippen molar-refractivity contribution >= 4 is 11.8 Å². The first kappa shape index (κ1) is 13.6. The molecule has 1 aliphatic carbocycles. The topological polar surface area (TPSA) is 41.5 Å². The van der Waals surface area contributed by atoms with E-state index in [9.17, 15) is 5.11 Å². The first-order valence-corrected chi connectivity index (χ1v) is 7.63. The van der Waals surface area contributed by atoms with Gasteiger partial charge in [-0.3, -0.25) is 0 Å². The molecule has 0 amide bonds. The molecular weight excluding hydrogens is 246 g/mol. The Hall–Kier alpha value is -0.870. The fourth-order valence-corrected chi connectivity index (χ4v) is 3.22. The number of aromatic hydroxyl groups is 1. The number of ether oxygens (including phenoxy) is 1. The van der Waals surface area contributed by atoms with Gasteiger partial charge in [-0.2, -0.15) is 11.8 Å². The van der Waals surface area contributed by atoms with Crippen LogP contribution in [0.25, 0.3) is 0 Å². The Labute approximate surface area is 113 Å². The normalized spacial score (nSPS) is 23.2. The summed E-state index contributed by atoms with van der Waals surface area (Å²) in [5, 5.41) is 14.1. The monoisotopic (exact) mass is 267 g/mol. The Morgan fingerprint density at radius 3 is 2.94 bits per heavy atom. The molecule has 2 rings (SSSR count). The van der Waals surface area contributed by atoms with Gasteiger partial charge >= 0.3 is 0 Å². The molecular formula is C14H21NO2S. The van der Waals surface area contributed by atoms with Gasteiger partial charge in [0.15, 0.2) is 0 Å². The van der Waals surface area contributed by atoms with E-state index < -0.39 is 0 Å². The van der Waals surface area contributed by atoms with E-state index in [1.807, 2.05) is 17.8 Å². The van der Waals surface area contributed by atoms with Gasteiger partial charge in [-0.15, -0.1) is 0 Å². The second kappa shape index (κ2) is 6.34. The molecule has 4 heteroatoms. The second-order valence-corrected chi connectivity index (χ2v) is 5.88. The van der Waals surface area contributed by atoms with Crippen molar-refractivity contribution in [3.05, 3.63) is 23.8 Å². The molecule has 18 heavy (non-hydrogen) atoms. The van der Waals surface area contributed by atoms with Gasteiger partial charge in [-0.25, -0.2) is 0 Å². The van der Waals surface area contributed by atoms with Crippen molar-refractivity contribution < 1.29 is 9.84 Å². The van der Waals surface area contributed by atoms with E-state index in [2.05, 4.69) is 11.6 Å². The SMILES string of the molecule is COc1ccc(O)c(CNC2CCC(SC)C2)c1. The van der Waals surface area contributed by atoms with Crippen molar-refractivity contribution in [3.63, 3.8) is 0 Å². The number of rotatable bonds is 5. The van der Waals surface area contributed by atoms with Gasteiger partial charge < -0.3 is 15.2 Å². The summed E-state index contributed by atoms with van der Waals surface area (Å²) in [6, 6.07) is 5.93. The van der Waals surface area contributed by atoms with Crippen LogP contribution in [0.15, 0.2) is 18.2 Å². The van der Waals surface area contributed by atoms with Gasteiger partial charge in [0.1, 0.15) is 11.5 Å². The number of phenols is 1. The standard InChI is InChI=1S/C14H21NO2S/c1-17-12-4-6-14(16)10(7-12)9-15-11-3-5-13(8-11)18-2/h4,6-7,11,13,15-16H,3,5,8-9H2,1-2H3. The van der Waals surface area contributed by atoms with E-state index in [1.165, 1.54) is 19.3 Å². The highest BCUT2D eigenvalue weighted by Crippen LogP contribution is 2.29. The van der Waals surface area contributed by atoms with Crippen molar-refractivity contribution in [1.82, 2.24) is 5.32 Å². The minimum Gasteiger partial charge on any atom is -0.508 e. The summed E-state index contributed by atoms with van der Waals surface area (Å²) < 4.78 is 5.17. The van der Waals surface area contributed by atoms with Gasteiger partial charge in [0.25, 0.3) is 0 Å². The highest BCUT2D eigenvalue weighted by atomic mass is 32.2. The molecule has 0 bridgehead atoms. The van der Waals surface area contributed by atoms with Gasteiger partial charge in [0.05, 0.1) is 7.11 Å². The molecule has 0 radical (unpaired) electrons. The number of hydrogen-bond acceptors (Lipinski definition) is 4. The van der Waals surface area contributed by atoms with Crippen molar-refractivity contribution in [2.24, 2.45) is 0 Å². The third kappa shape index (κ3) is 3.33. The molecule has 1 aromatic rings. The molecule has 1 saturated carbocycles. The summed E-state index contributed by atoms with van der Waals surface area (Å²) in [5.41, 5.74) is 0.905. The summed E-state index contributed by atoms with van der Waals surface area (Å²) in [6.07, 6.45) is 5.94. The fourth-order valence-electron chi connectivity index (χ4n) is 2.42. The number of phenolic OH excluding ortho intramolecular Hbond substituents is 1. The molecule has 0 aliphatic heterocycles. The van der Waals surface area contributed by atoms with Crippen molar-refractivity contribution in [2.45, 2.75) is 37.1 Å².